The van der Waals surface area contributed by atoms with Crippen molar-refractivity contribution in [3.05, 3.63) is 0 Å². The van der Waals surface area contributed by atoms with E-state index < -0.39 is 18.5 Å². The molecule has 0 aliphatic rings. The summed E-state index contributed by atoms with van der Waals surface area (Å²) < 4.78 is 36.9. The van der Waals surface area contributed by atoms with Gasteiger partial charge in [0.05, 0.1) is 66.1 Å². The van der Waals surface area contributed by atoms with E-state index in [9.17, 15) is 14.4 Å². The predicted octanol–water partition coefficient (Wildman–Crippen LogP) is 4.31. The lowest BCUT2D eigenvalue weighted by atomic mass is 10.0. The van der Waals surface area contributed by atoms with E-state index in [0.717, 1.165) is 12.8 Å². The Morgan fingerprint density at radius 3 is 1.36 bits per heavy atom. The standard InChI is InChI=1S/C32H61NO11/c1-2-3-4-5-6-7-8-9-10-11-12-13-14-15-32(37)44-27-26-42-25-24-41-23-22-40-21-20-39-19-18-38-17-16-33-30(34)28-43-29-31(35)36/h2-29H2,1H3,(H,33,34)(H,35,36). The second kappa shape index (κ2) is 35.6. The number of carboxylic acids is 1. The first kappa shape index (κ1) is 42.2. The third-order valence-electron chi connectivity index (χ3n) is 6.49. The molecule has 0 saturated heterocycles. The van der Waals surface area contributed by atoms with Crippen molar-refractivity contribution in [3.63, 3.8) is 0 Å². The number of esters is 1. The van der Waals surface area contributed by atoms with E-state index >= 15 is 0 Å². The summed E-state index contributed by atoms with van der Waals surface area (Å²) in [7, 11) is 0. The first-order chi connectivity index (χ1) is 21.6. The molecular formula is C32H61NO11. The van der Waals surface area contributed by atoms with Gasteiger partial charge in [-0.2, -0.15) is 0 Å². The number of ether oxygens (including phenoxy) is 7. The van der Waals surface area contributed by atoms with E-state index in [1.807, 2.05) is 0 Å². The largest absolute Gasteiger partial charge is 0.480 e. The van der Waals surface area contributed by atoms with E-state index in [4.69, 9.17) is 33.5 Å². The highest BCUT2D eigenvalue weighted by Gasteiger charge is 2.04. The SMILES string of the molecule is CCCCCCCCCCCCCCCC(=O)OCCOCCOCCOCCOCCOCCNC(=O)COCC(=O)O. The van der Waals surface area contributed by atoms with Gasteiger partial charge in [0.15, 0.2) is 0 Å². The molecule has 0 saturated carbocycles. The summed E-state index contributed by atoms with van der Waals surface area (Å²) in [5, 5.41) is 11.0. The molecule has 44 heavy (non-hydrogen) atoms. The summed E-state index contributed by atoms with van der Waals surface area (Å²) in [6, 6.07) is 0. The van der Waals surface area contributed by atoms with Gasteiger partial charge in [0, 0.05) is 13.0 Å². The van der Waals surface area contributed by atoms with E-state index in [-0.39, 0.29) is 19.2 Å². The van der Waals surface area contributed by atoms with E-state index in [1.165, 1.54) is 70.6 Å². The van der Waals surface area contributed by atoms with Gasteiger partial charge in [-0.3, -0.25) is 9.59 Å². The second-order valence-corrected chi connectivity index (χ2v) is 10.5. The molecule has 12 heteroatoms. The van der Waals surface area contributed by atoms with Crippen LogP contribution in [0.2, 0.25) is 0 Å². The molecule has 0 aliphatic carbocycles. The maximum absolute atomic E-state index is 11.8. The average Bonchev–Trinajstić information content (AvgIpc) is 3.00. The fraction of sp³-hybridized carbons (Fsp3) is 0.906. The third-order valence-corrected chi connectivity index (χ3v) is 6.49. The number of aliphatic carboxylic acids is 1. The number of hydrogen-bond acceptors (Lipinski definition) is 10. The molecule has 0 aliphatic heterocycles. The molecule has 0 bridgehead atoms. The smallest absolute Gasteiger partial charge is 0.329 e. The lowest BCUT2D eigenvalue weighted by Gasteiger charge is -2.09. The Morgan fingerprint density at radius 1 is 0.500 bits per heavy atom. The van der Waals surface area contributed by atoms with Gasteiger partial charge in [0.25, 0.3) is 0 Å². The Bertz CT molecular complexity index is 652. The summed E-state index contributed by atoms with van der Waals surface area (Å²) >= 11 is 0. The van der Waals surface area contributed by atoms with Crippen molar-refractivity contribution < 1.29 is 52.6 Å². The maximum atomic E-state index is 11.8. The van der Waals surface area contributed by atoms with Crippen molar-refractivity contribution in [2.45, 2.75) is 96.8 Å². The van der Waals surface area contributed by atoms with Gasteiger partial charge in [-0.15, -0.1) is 0 Å². The fourth-order valence-electron chi connectivity index (χ4n) is 4.10. The molecule has 12 nitrogen and oxygen atoms in total. The average molecular weight is 636 g/mol. The normalized spacial score (nSPS) is 11.1. The molecule has 0 radical (unpaired) electrons. The van der Waals surface area contributed by atoms with Gasteiger partial charge in [0.2, 0.25) is 5.91 Å². The molecule has 0 unspecified atom stereocenters. The minimum atomic E-state index is -1.12. The van der Waals surface area contributed by atoms with E-state index in [2.05, 4.69) is 17.0 Å². The van der Waals surface area contributed by atoms with Crippen LogP contribution >= 0.6 is 0 Å². The molecule has 0 fully saturated rings. The maximum Gasteiger partial charge on any atom is 0.329 e. The Hall–Kier alpha value is -1.83. The van der Waals surface area contributed by atoms with Crippen molar-refractivity contribution >= 4 is 17.8 Å². The van der Waals surface area contributed by atoms with Crippen LogP contribution in [0.1, 0.15) is 96.8 Å². The van der Waals surface area contributed by atoms with Crippen LogP contribution in [0.15, 0.2) is 0 Å². The van der Waals surface area contributed by atoms with Gasteiger partial charge < -0.3 is 43.6 Å². The predicted molar refractivity (Wildman–Crippen MR) is 167 cm³/mol. The Kier molecular flexibility index (Phi) is 34.2. The molecule has 0 rings (SSSR count). The Morgan fingerprint density at radius 2 is 0.909 bits per heavy atom. The quantitative estimate of drug-likeness (QED) is 0.0749. The first-order valence-corrected chi connectivity index (χ1v) is 16.7. The number of amides is 1. The summed E-state index contributed by atoms with van der Waals surface area (Å²) in [6.07, 6.45) is 17.2. The zero-order valence-corrected chi connectivity index (χ0v) is 27.3. The second-order valence-electron chi connectivity index (χ2n) is 10.5. The summed E-state index contributed by atoms with van der Waals surface area (Å²) in [6.45, 7) is 6.15. The third kappa shape index (κ3) is 36.4. The molecule has 2 N–H and O–H groups in total. The van der Waals surface area contributed by atoms with Crippen molar-refractivity contribution in [1.29, 1.82) is 0 Å². The number of carbonyl (C=O) groups excluding carboxylic acids is 2. The number of unbranched alkanes of at least 4 members (excludes halogenated alkanes) is 12. The van der Waals surface area contributed by atoms with Crippen LogP contribution in [0.25, 0.3) is 0 Å². The molecule has 260 valence electrons. The summed E-state index contributed by atoms with van der Waals surface area (Å²) in [5.41, 5.74) is 0. The van der Waals surface area contributed by atoms with Crippen molar-refractivity contribution in [2.75, 3.05) is 92.4 Å². The Labute approximate surface area is 265 Å². The van der Waals surface area contributed by atoms with Crippen molar-refractivity contribution in [1.82, 2.24) is 5.32 Å². The molecule has 0 aromatic heterocycles. The highest BCUT2D eigenvalue weighted by molar-refractivity contribution is 5.77. The molecule has 0 spiro atoms. The van der Waals surface area contributed by atoms with Crippen LogP contribution in [-0.2, 0) is 47.5 Å². The van der Waals surface area contributed by atoms with Crippen LogP contribution < -0.4 is 5.32 Å². The molecule has 0 aromatic rings. The summed E-state index contributed by atoms with van der Waals surface area (Å²) in [5.74, 6) is -1.66. The molecule has 0 heterocycles. The van der Waals surface area contributed by atoms with Crippen LogP contribution in [-0.4, -0.2) is 115 Å². The highest BCUT2D eigenvalue weighted by Crippen LogP contribution is 2.13. The number of carboxylic acid groups (broad SMARTS) is 1. The number of hydrogen-bond donors (Lipinski definition) is 2. The fourth-order valence-corrected chi connectivity index (χ4v) is 4.10. The molecule has 0 atom stereocenters. The minimum absolute atomic E-state index is 0.147. The van der Waals surface area contributed by atoms with Crippen LogP contribution in [0.5, 0.6) is 0 Å². The van der Waals surface area contributed by atoms with E-state index in [0.29, 0.717) is 79.0 Å². The van der Waals surface area contributed by atoms with Crippen LogP contribution in [0.3, 0.4) is 0 Å². The van der Waals surface area contributed by atoms with E-state index in [1.54, 1.807) is 0 Å². The lowest BCUT2D eigenvalue weighted by molar-refractivity contribution is -0.146. The molecular weight excluding hydrogens is 574 g/mol. The number of nitrogens with one attached hydrogen (secondary N) is 1. The van der Waals surface area contributed by atoms with Crippen LogP contribution in [0.4, 0.5) is 0 Å². The number of carbonyl (C=O) groups is 3. The molecule has 0 aromatic carbocycles. The zero-order chi connectivity index (χ0) is 32.2. The lowest BCUT2D eigenvalue weighted by Crippen LogP contribution is -2.31. The van der Waals surface area contributed by atoms with Gasteiger partial charge in [-0.1, -0.05) is 84.0 Å². The van der Waals surface area contributed by atoms with Gasteiger partial charge >= 0.3 is 11.9 Å². The summed E-state index contributed by atoms with van der Waals surface area (Å²) in [4.78, 5) is 33.5. The Balaban J connectivity index is 3.19. The van der Waals surface area contributed by atoms with Crippen molar-refractivity contribution in [2.24, 2.45) is 0 Å². The highest BCUT2D eigenvalue weighted by atomic mass is 16.6. The minimum Gasteiger partial charge on any atom is -0.480 e. The first-order valence-electron chi connectivity index (χ1n) is 16.7. The monoisotopic (exact) mass is 635 g/mol. The van der Waals surface area contributed by atoms with Gasteiger partial charge in [0.1, 0.15) is 19.8 Å². The van der Waals surface area contributed by atoms with Crippen molar-refractivity contribution in [3.8, 4) is 0 Å². The van der Waals surface area contributed by atoms with Crippen LogP contribution in [0, 0.1) is 0 Å². The van der Waals surface area contributed by atoms with Gasteiger partial charge in [-0.25, -0.2) is 4.79 Å². The molecule has 1 amide bonds. The topological polar surface area (TPSA) is 148 Å². The number of rotatable bonds is 36. The zero-order valence-electron chi connectivity index (χ0n) is 27.3. The van der Waals surface area contributed by atoms with Gasteiger partial charge in [-0.05, 0) is 6.42 Å².